The number of benzene rings is 2. The first-order valence-corrected chi connectivity index (χ1v) is 5.94. The summed E-state index contributed by atoms with van der Waals surface area (Å²) < 4.78 is 5.12. The molecule has 0 atom stereocenters. The third kappa shape index (κ3) is 2.54. The normalized spacial score (nSPS) is 10.2. The second-order valence-corrected chi connectivity index (χ2v) is 4.46. The Morgan fingerprint density at radius 3 is 2.56 bits per heavy atom. The first kappa shape index (κ1) is 12.7. The van der Waals surface area contributed by atoms with Gasteiger partial charge in [0, 0.05) is 16.1 Å². The van der Waals surface area contributed by atoms with Gasteiger partial charge in [0.15, 0.2) is 5.78 Å². The van der Waals surface area contributed by atoms with E-state index in [2.05, 4.69) is 0 Å². The minimum atomic E-state index is -0.0300. The first-order chi connectivity index (χ1) is 8.61. The van der Waals surface area contributed by atoms with Crippen molar-refractivity contribution in [2.24, 2.45) is 0 Å². The van der Waals surface area contributed by atoms with Crippen molar-refractivity contribution < 1.29 is 9.53 Å². The number of rotatable bonds is 3. The van der Waals surface area contributed by atoms with Crippen LogP contribution < -0.4 is 4.74 Å². The van der Waals surface area contributed by atoms with Gasteiger partial charge in [0.05, 0.1) is 7.11 Å². The van der Waals surface area contributed by atoms with E-state index in [9.17, 15) is 4.79 Å². The van der Waals surface area contributed by atoms with Crippen molar-refractivity contribution in [1.29, 1.82) is 0 Å². The Labute approximate surface area is 111 Å². The number of ether oxygens (including phenoxy) is 1. The number of ketones is 1. The molecule has 18 heavy (non-hydrogen) atoms. The van der Waals surface area contributed by atoms with Crippen LogP contribution in [0.25, 0.3) is 0 Å². The van der Waals surface area contributed by atoms with E-state index in [-0.39, 0.29) is 5.78 Å². The number of aryl methyl sites for hydroxylation is 1. The fourth-order valence-corrected chi connectivity index (χ4v) is 1.99. The molecule has 0 amide bonds. The SMILES string of the molecule is COc1ccc(C(=O)c2cccc(Cl)c2)c(C)c1. The van der Waals surface area contributed by atoms with Crippen molar-refractivity contribution in [2.75, 3.05) is 7.11 Å². The molecule has 0 aliphatic heterocycles. The minimum absolute atomic E-state index is 0.0300. The van der Waals surface area contributed by atoms with E-state index >= 15 is 0 Å². The second kappa shape index (κ2) is 5.23. The molecule has 92 valence electrons. The lowest BCUT2D eigenvalue weighted by Crippen LogP contribution is -2.03. The minimum Gasteiger partial charge on any atom is -0.497 e. The molecule has 0 saturated carbocycles. The van der Waals surface area contributed by atoms with E-state index in [0.717, 1.165) is 11.3 Å². The van der Waals surface area contributed by atoms with Gasteiger partial charge in [0.1, 0.15) is 5.75 Å². The summed E-state index contributed by atoms with van der Waals surface area (Å²) in [5.74, 6) is 0.716. The highest BCUT2D eigenvalue weighted by atomic mass is 35.5. The fourth-order valence-electron chi connectivity index (χ4n) is 1.80. The zero-order valence-electron chi connectivity index (χ0n) is 10.2. The van der Waals surface area contributed by atoms with Crippen molar-refractivity contribution in [2.45, 2.75) is 6.92 Å². The van der Waals surface area contributed by atoms with Crippen molar-refractivity contribution in [3.8, 4) is 5.75 Å². The molecule has 0 heterocycles. The molecule has 2 aromatic carbocycles. The van der Waals surface area contributed by atoms with Gasteiger partial charge < -0.3 is 4.74 Å². The molecule has 0 bridgehead atoms. The summed E-state index contributed by atoms with van der Waals surface area (Å²) in [6, 6.07) is 12.4. The number of methoxy groups -OCH3 is 1. The Kier molecular flexibility index (Phi) is 3.68. The number of hydrogen-bond acceptors (Lipinski definition) is 2. The lowest BCUT2D eigenvalue weighted by atomic mass is 9.99. The summed E-state index contributed by atoms with van der Waals surface area (Å²) in [7, 11) is 1.60. The molecular weight excluding hydrogens is 248 g/mol. The zero-order valence-corrected chi connectivity index (χ0v) is 11.0. The van der Waals surface area contributed by atoms with Gasteiger partial charge in [0.2, 0.25) is 0 Å². The van der Waals surface area contributed by atoms with Gasteiger partial charge in [-0.3, -0.25) is 4.79 Å². The molecule has 0 aliphatic rings. The van der Waals surface area contributed by atoms with Crippen molar-refractivity contribution in [3.63, 3.8) is 0 Å². The van der Waals surface area contributed by atoms with Crippen LogP contribution in [0.2, 0.25) is 5.02 Å². The maximum atomic E-state index is 12.3. The van der Waals surface area contributed by atoms with Gasteiger partial charge in [-0.05, 0) is 42.8 Å². The molecule has 2 rings (SSSR count). The van der Waals surface area contributed by atoms with Crippen LogP contribution in [0.1, 0.15) is 21.5 Å². The van der Waals surface area contributed by atoms with E-state index in [0.29, 0.717) is 16.1 Å². The summed E-state index contributed by atoms with van der Waals surface area (Å²) in [5, 5.41) is 0.562. The standard InChI is InChI=1S/C15H13ClO2/c1-10-8-13(18-2)6-7-14(10)15(17)11-4-3-5-12(16)9-11/h3-9H,1-2H3. The van der Waals surface area contributed by atoms with Crippen LogP contribution in [-0.2, 0) is 0 Å². The molecule has 0 N–H and O–H groups in total. The number of carbonyl (C=O) groups is 1. The number of carbonyl (C=O) groups excluding carboxylic acids is 1. The third-order valence-corrected chi connectivity index (χ3v) is 3.00. The molecule has 0 fully saturated rings. The Bertz CT molecular complexity index is 591. The van der Waals surface area contributed by atoms with E-state index in [4.69, 9.17) is 16.3 Å². The van der Waals surface area contributed by atoms with Crippen LogP contribution in [0.15, 0.2) is 42.5 Å². The van der Waals surface area contributed by atoms with Gasteiger partial charge in [-0.2, -0.15) is 0 Å². The van der Waals surface area contributed by atoms with Crippen molar-refractivity contribution in [3.05, 3.63) is 64.2 Å². The molecule has 0 unspecified atom stereocenters. The molecule has 0 spiro atoms. The molecule has 0 aliphatic carbocycles. The van der Waals surface area contributed by atoms with Gasteiger partial charge in [-0.15, -0.1) is 0 Å². The summed E-state index contributed by atoms with van der Waals surface area (Å²) >= 11 is 5.89. The van der Waals surface area contributed by atoms with Gasteiger partial charge >= 0.3 is 0 Å². The highest BCUT2D eigenvalue weighted by molar-refractivity contribution is 6.31. The number of halogens is 1. The summed E-state index contributed by atoms with van der Waals surface area (Å²) in [4.78, 5) is 12.3. The number of hydrogen-bond donors (Lipinski definition) is 0. The van der Waals surface area contributed by atoms with Crippen LogP contribution in [0.3, 0.4) is 0 Å². The van der Waals surface area contributed by atoms with E-state index in [1.54, 1.807) is 43.5 Å². The summed E-state index contributed by atoms with van der Waals surface area (Å²) in [5.41, 5.74) is 2.15. The Hall–Kier alpha value is -1.80. The average molecular weight is 261 g/mol. The van der Waals surface area contributed by atoms with E-state index in [1.165, 1.54) is 0 Å². The summed E-state index contributed by atoms with van der Waals surface area (Å²) in [6.45, 7) is 1.89. The van der Waals surface area contributed by atoms with Crippen LogP contribution in [-0.4, -0.2) is 12.9 Å². The lowest BCUT2D eigenvalue weighted by molar-refractivity contribution is 0.103. The Morgan fingerprint density at radius 1 is 1.17 bits per heavy atom. The predicted octanol–water partition coefficient (Wildman–Crippen LogP) is 3.89. The Morgan fingerprint density at radius 2 is 1.94 bits per heavy atom. The molecule has 2 nitrogen and oxygen atoms in total. The third-order valence-electron chi connectivity index (χ3n) is 2.77. The van der Waals surface area contributed by atoms with E-state index < -0.39 is 0 Å². The molecule has 3 heteroatoms. The van der Waals surface area contributed by atoms with Gasteiger partial charge in [-0.1, -0.05) is 23.7 Å². The lowest BCUT2D eigenvalue weighted by Gasteiger charge is -2.07. The van der Waals surface area contributed by atoms with Crippen molar-refractivity contribution in [1.82, 2.24) is 0 Å². The largest absolute Gasteiger partial charge is 0.497 e. The highest BCUT2D eigenvalue weighted by Crippen LogP contribution is 2.21. The van der Waals surface area contributed by atoms with Gasteiger partial charge in [-0.25, -0.2) is 0 Å². The smallest absolute Gasteiger partial charge is 0.193 e. The maximum Gasteiger partial charge on any atom is 0.193 e. The average Bonchev–Trinajstić information content (AvgIpc) is 2.37. The van der Waals surface area contributed by atoms with Gasteiger partial charge in [0.25, 0.3) is 0 Å². The van der Waals surface area contributed by atoms with Crippen LogP contribution in [0.5, 0.6) is 5.75 Å². The topological polar surface area (TPSA) is 26.3 Å². The molecular formula is C15H13ClO2. The first-order valence-electron chi connectivity index (χ1n) is 5.56. The highest BCUT2D eigenvalue weighted by Gasteiger charge is 2.12. The van der Waals surface area contributed by atoms with Crippen LogP contribution in [0, 0.1) is 6.92 Å². The van der Waals surface area contributed by atoms with Crippen molar-refractivity contribution >= 4 is 17.4 Å². The van der Waals surface area contributed by atoms with Crippen LogP contribution in [0.4, 0.5) is 0 Å². The predicted molar refractivity (Wildman–Crippen MR) is 72.6 cm³/mol. The van der Waals surface area contributed by atoms with E-state index in [1.807, 2.05) is 13.0 Å². The maximum absolute atomic E-state index is 12.3. The zero-order chi connectivity index (χ0) is 13.1. The van der Waals surface area contributed by atoms with Crippen LogP contribution >= 0.6 is 11.6 Å². The Balaban J connectivity index is 2.40. The molecule has 2 aromatic rings. The monoisotopic (exact) mass is 260 g/mol. The summed E-state index contributed by atoms with van der Waals surface area (Å²) in [6.07, 6.45) is 0. The molecule has 0 saturated heterocycles. The fraction of sp³-hybridized carbons (Fsp3) is 0.133. The quantitative estimate of drug-likeness (QED) is 0.783. The second-order valence-electron chi connectivity index (χ2n) is 4.02. The molecule has 0 radical (unpaired) electrons. The molecule has 0 aromatic heterocycles.